The highest BCUT2D eigenvalue weighted by molar-refractivity contribution is 4.78. The minimum atomic E-state index is 0.719. The molecule has 0 aromatic carbocycles. The first kappa shape index (κ1) is 13.5. The third kappa shape index (κ3) is 4.53. The first-order valence-electron chi connectivity index (χ1n) is 6.85. The predicted octanol–water partition coefficient (Wildman–Crippen LogP) is 3.58. The van der Waals surface area contributed by atoms with E-state index in [1.807, 2.05) is 0 Å². The molecule has 0 amide bonds. The summed E-state index contributed by atoms with van der Waals surface area (Å²) in [6.45, 7) is 3.49. The molecule has 0 heterocycles. The van der Waals surface area contributed by atoms with Gasteiger partial charge in [-0.1, -0.05) is 13.3 Å². The van der Waals surface area contributed by atoms with Gasteiger partial charge >= 0.3 is 0 Å². The lowest BCUT2D eigenvalue weighted by molar-refractivity contribution is 0.161. The van der Waals surface area contributed by atoms with Crippen LogP contribution in [0.3, 0.4) is 0 Å². The molecule has 1 aliphatic carbocycles. The van der Waals surface area contributed by atoms with Crippen LogP contribution in [-0.4, -0.2) is 24.5 Å². The van der Waals surface area contributed by atoms with Crippen LogP contribution in [0.4, 0.5) is 0 Å². The van der Waals surface area contributed by atoms with Gasteiger partial charge in [0.25, 0.3) is 0 Å². The zero-order valence-corrected chi connectivity index (χ0v) is 10.9. The smallest absolute Gasteiger partial charge is 0.0621 e. The van der Waals surface area contributed by atoms with E-state index in [0.717, 1.165) is 24.8 Å². The summed E-state index contributed by atoms with van der Waals surface area (Å²) in [4.78, 5) is 2.52. The summed E-state index contributed by atoms with van der Waals surface area (Å²) in [7, 11) is 2.25. The summed E-state index contributed by atoms with van der Waals surface area (Å²) in [6.07, 6.45) is 9.92. The van der Waals surface area contributed by atoms with Crippen LogP contribution in [0.5, 0.6) is 0 Å². The maximum Gasteiger partial charge on any atom is 0.0621 e. The summed E-state index contributed by atoms with van der Waals surface area (Å²) in [5, 5.41) is 8.47. The number of nitrogens with zero attached hydrogens (tertiary/aromatic N) is 2. The lowest BCUT2D eigenvalue weighted by atomic mass is 9.84. The number of hydrogen-bond acceptors (Lipinski definition) is 2. The molecule has 0 bridgehead atoms. The zero-order valence-electron chi connectivity index (χ0n) is 10.9. The molecule has 1 saturated carbocycles. The highest BCUT2D eigenvalue weighted by Crippen LogP contribution is 2.28. The van der Waals surface area contributed by atoms with Crippen LogP contribution in [-0.2, 0) is 0 Å². The zero-order chi connectivity index (χ0) is 11.8. The first-order chi connectivity index (χ1) is 7.77. The van der Waals surface area contributed by atoms with Gasteiger partial charge in [-0.15, -0.1) is 0 Å². The molecule has 0 N–H and O–H groups in total. The van der Waals surface area contributed by atoms with E-state index in [1.54, 1.807) is 0 Å². The molecule has 0 radical (unpaired) electrons. The fraction of sp³-hybridized carbons (Fsp3) is 0.929. The molecular weight excluding hydrogens is 196 g/mol. The van der Waals surface area contributed by atoms with Crippen molar-refractivity contribution >= 4 is 0 Å². The van der Waals surface area contributed by atoms with Crippen molar-refractivity contribution in [1.82, 2.24) is 4.90 Å². The highest BCUT2D eigenvalue weighted by atomic mass is 15.1. The molecule has 2 nitrogen and oxygen atoms in total. The maximum absolute atomic E-state index is 8.47. The second-order valence-corrected chi connectivity index (χ2v) is 5.18. The molecule has 0 aromatic rings. The SMILES string of the molecule is CCC1CCC(N(C)CCCCC#N)CC1. The van der Waals surface area contributed by atoms with Crippen LogP contribution in [0.25, 0.3) is 0 Å². The van der Waals surface area contributed by atoms with Gasteiger partial charge in [0.1, 0.15) is 0 Å². The molecule has 2 heteroatoms. The number of unbranched alkanes of at least 4 members (excludes halogenated alkanes) is 2. The van der Waals surface area contributed by atoms with Gasteiger partial charge in [0.05, 0.1) is 6.07 Å². The Hall–Kier alpha value is -0.550. The Balaban J connectivity index is 2.13. The molecule has 1 rings (SSSR count). The van der Waals surface area contributed by atoms with Crippen LogP contribution in [0.1, 0.15) is 58.3 Å². The summed E-state index contributed by atoms with van der Waals surface area (Å²) >= 11 is 0. The van der Waals surface area contributed by atoms with Crippen molar-refractivity contribution in [2.75, 3.05) is 13.6 Å². The minimum absolute atomic E-state index is 0.719. The molecule has 0 spiro atoms. The number of nitriles is 1. The molecular formula is C14H26N2. The van der Waals surface area contributed by atoms with Gasteiger partial charge < -0.3 is 4.90 Å². The van der Waals surface area contributed by atoms with E-state index in [0.29, 0.717) is 0 Å². The van der Waals surface area contributed by atoms with Gasteiger partial charge in [0, 0.05) is 12.5 Å². The lowest BCUT2D eigenvalue weighted by Crippen LogP contribution is -2.35. The van der Waals surface area contributed by atoms with Crippen molar-refractivity contribution in [2.24, 2.45) is 5.92 Å². The highest BCUT2D eigenvalue weighted by Gasteiger charge is 2.22. The third-order valence-corrected chi connectivity index (χ3v) is 4.07. The van der Waals surface area contributed by atoms with E-state index in [9.17, 15) is 0 Å². The van der Waals surface area contributed by atoms with E-state index >= 15 is 0 Å². The van der Waals surface area contributed by atoms with Crippen molar-refractivity contribution in [3.63, 3.8) is 0 Å². The second-order valence-electron chi connectivity index (χ2n) is 5.18. The van der Waals surface area contributed by atoms with Gasteiger partial charge in [-0.25, -0.2) is 0 Å². The Morgan fingerprint density at radius 1 is 1.19 bits per heavy atom. The molecule has 1 aliphatic rings. The van der Waals surface area contributed by atoms with E-state index < -0.39 is 0 Å². The van der Waals surface area contributed by atoms with E-state index in [-0.39, 0.29) is 0 Å². The van der Waals surface area contributed by atoms with Crippen molar-refractivity contribution in [3.8, 4) is 6.07 Å². The van der Waals surface area contributed by atoms with Crippen LogP contribution < -0.4 is 0 Å². The fourth-order valence-corrected chi connectivity index (χ4v) is 2.74. The normalized spacial score (nSPS) is 25.6. The van der Waals surface area contributed by atoms with Gasteiger partial charge in [-0.05, 0) is 58.0 Å². The quantitative estimate of drug-likeness (QED) is 0.642. The van der Waals surface area contributed by atoms with Crippen molar-refractivity contribution in [3.05, 3.63) is 0 Å². The summed E-state index contributed by atoms with van der Waals surface area (Å²) in [5.41, 5.74) is 0. The lowest BCUT2D eigenvalue weighted by Gasteiger charge is -2.34. The molecule has 0 aliphatic heterocycles. The Kier molecular flexibility index (Phi) is 6.49. The minimum Gasteiger partial charge on any atom is -0.303 e. The predicted molar refractivity (Wildman–Crippen MR) is 68.1 cm³/mol. The van der Waals surface area contributed by atoms with Crippen molar-refractivity contribution in [1.29, 1.82) is 5.26 Å². The van der Waals surface area contributed by atoms with Crippen LogP contribution in [0.15, 0.2) is 0 Å². The largest absolute Gasteiger partial charge is 0.303 e. The molecule has 0 aromatic heterocycles. The summed E-state index contributed by atoms with van der Waals surface area (Å²) in [6, 6.07) is 3.03. The molecule has 0 atom stereocenters. The Morgan fingerprint density at radius 2 is 1.88 bits per heavy atom. The van der Waals surface area contributed by atoms with Gasteiger partial charge in [0.15, 0.2) is 0 Å². The molecule has 1 fully saturated rings. The topological polar surface area (TPSA) is 27.0 Å². The standard InChI is InChI=1S/C14H26N2/c1-3-13-7-9-14(10-8-13)16(2)12-6-4-5-11-15/h13-14H,3-10,12H2,1-2H3. The molecule has 16 heavy (non-hydrogen) atoms. The number of hydrogen-bond donors (Lipinski definition) is 0. The number of rotatable bonds is 6. The van der Waals surface area contributed by atoms with Crippen LogP contribution >= 0.6 is 0 Å². The van der Waals surface area contributed by atoms with E-state index in [2.05, 4.69) is 24.9 Å². The summed E-state index contributed by atoms with van der Waals surface area (Å²) in [5.74, 6) is 0.989. The first-order valence-corrected chi connectivity index (χ1v) is 6.85. The van der Waals surface area contributed by atoms with Crippen molar-refractivity contribution < 1.29 is 0 Å². The summed E-state index contributed by atoms with van der Waals surface area (Å²) < 4.78 is 0. The average Bonchev–Trinajstić information content (AvgIpc) is 2.34. The van der Waals surface area contributed by atoms with Gasteiger partial charge in [-0.3, -0.25) is 0 Å². The molecule has 0 saturated heterocycles. The monoisotopic (exact) mass is 222 g/mol. The van der Waals surface area contributed by atoms with E-state index in [1.165, 1.54) is 45.1 Å². The second kappa shape index (κ2) is 7.68. The Morgan fingerprint density at radius 3 is 2.44 bits per heavy atom. The molecule has 92 valence electrons. The molecule has 0 unspecified atom stereocenters. The van der Waals surface area contributed by atoms with Crippen LogP contribution in [0, 0.1) is 17.2 Å². The maximum atomic E-state index is 8.47. The average molecular weight is 222 g/mol. The van der Waals surface area contributed by atoms with Gasteiger partial charge in [0.2, 0.25) is 0 Å². The van der Waals surface area contributed by atoms with Gasteiger partial charge in [-0.2, -0.15) is 5.26 Å². The van der Waals surface area contributed by atoms with E-state index in [4.69, 9.17) is 5.26 Å². The van der Waals surface area contributed by atoms with Crippen molar-refractivity contribution in [2.45, 2.75) is 64.3 Å². The fourth-order valence-electron chi connectivity index (χ4n) is 2.74. The third-order valence-electron chi connectivity index (χ3n) is 4.07. The Labute approximate surface area is 101 Å². The Bertz CT molecular complexity index is 211. The van der Waals surface area contributed by atoms with Crippen LogP contribution in [0.2, 0.25) is 0 Å².